The van der Waals surface area contributed by atoms with Gasteiger partial charge in [-0.1, -0.05) is 52.2 Å². The molecule has 0 bridgehead atoms. The molecule has 0 aromatic rings. The van der Waals surface area contributed by atoms with Crippen LogP contribution >= 0.6 is 0 Å². The molecule has 0 heterocycles. The molecule has 6 nitrogen and oxygen atoms in total. The first kappa shape index (κ1) is 30.1. The van der Waals surface area contributed by atoms with E-state index in [0.29, 0.717) is 42.1 Å². The maximum absolute atomic E-state index is 12.2. The van der Waals surface area contributed by atoms with Gasteiger partial charge in [-0.15, -0.1) is 0 Å². The van der Waals surface area contributed by atoms with E-state index >= 15 is 0 Å². The fraction of sp³-hybridized carbons (Fsp3) is 0.848. The van der Waals surface area contributed by atoms with Gasteiger partial charge in [-0.2, -0.15) is 0 Å². The van der Waals surface area contributed by atoms with Gasteiger partial charge in [0.15, 0.2) is 0 Å². The van der Waals surface area contributed by atoms with E-state index in [1.165, 1.54) is 32.3 Å². The molecular weight excluding hydrogens is 492 g/mol. The standard InChI is InChI=1S/C33H52O6/c1-20(19-37-22(3)34)9-8-10-21(2)31-30(39-24(5)36)18-29-27-12-11-25-17-26(38-23(4)35)13-15-32(25,6)28(27)14-16-33(29,31)7/h11,20-21,26-31H,8-10,12-19H2,1-7H3. The van der Waals surface area contributed by atoms with Gasteiger partial charge in [0.25, 0.3) is 0 Å². The van der Waals surface area contributed by atoms with Gasteiger partial charge in [0.1, 0.15) is 12.2 Å². The molecule has 220 valence electrons. The predicted molar refractivity (Wildman–Crippen MR) is 150 cm³/mol. The molecular formula is C33H52O6. The van der Waals surface area contributed by atoms with Gasteiger partial charge in [-0.3, -0.25) is 14.4 Å². The molecule has 0 aliphatic heterocycles. The second kappa shape index (κ2) is 11.9. The van der Waals surface area contributed by atoms with Crippen LogP contribution in [0.4, 0.5) is 0 Å². The van der Waals surface area contributed by atoms with Gasteiger partial charge in [0.2, 0.25) is 0 Å². The molecule has 10 atom stereocenters. The minimum atomic E-state index is -0.212. The largest absolute Gasteiger partial charge is 0.466 e. The van der Waals surface area contributed by atoms with Crippen LogP contribution in [0.3, 0.4) is 0 Å². The average Bonchev–Trinajstić information content (AvgIpc) is 3.13. The number of esters is 3. The van der Waals surface area contributed by atoms with E-state index in [1.54, 1.807) is 6.92 Å². The zero-order chi connectivity index (χ0) is 28.5. The van der Waals surface area contributed by atoms with Gasteiger partial charge >= 0.3 is 17.9 Å². The summed E-state index contributed by atoms with van der Waals surface area (Å²) in [6.07, 6.45) is 13.1. The van der Waals surface area contributed by atoms with Gasteiger partial charge in [-0.05, 0) is 85.4 Å². The third kappa shape index (κ3) is 6.25. The molecule has 4 rings (SSSR count). The van der Waals surface area contributed by atoms with E-state index in [-0.39, 0.29) is 40.9 Å². The zero-order valence-corrected chi connectivity index (χ0v) is 25.4. The Labute approximate surface area is 236 Å². The highest BCUT2D eigenvalue weighted by molar-refractivity contribution is 5.66. The number of rotatable bonds is 9. The van der Waals surface area contributed by atoms with Crippen molar-refractivity contribution >= 4 is 17.9 Å². The molecule has 3 saturated carbocycles. The Morgan fingerprint density at radius 1 is 0.949 bits per heavy atom. The van der Waals surface area contributed by atoms with Crippen LogP contribution in [0.25, 0.3) is 0 Å². The maximum Gasteiger partial charge on any atom is 0.302 e. The lowest BCUT2D eigenvalue weighted by Gasteiger charge is -2.58. The molecule has 6 heteroatoms. The Morgan fingerprint density at radius 2 is 1.67 bits per heavy atom. The van der Waals surface area contributed by atoms with Crippen LogP contribution in [0.1, 0.15) is 113 Å². The smallest absolute Gasteiger partial charge is 0.302 e. The maximum atomic E-state index is 12.2. The number of carbonyl (C=O) groups excluding carboxylic acids is 3. The molecule has 10 unspecified atom stereocenters. The summed E-state index contributed by atoms with van der Waals surface area (Å²) in [6.45, 7) is 14.5. The Bertz CT molecular complexity index is 956. The first-order chi connectivity index (χ1) is 18.3. The van der Waals surface area contributed by atoms with E-state index in [1.807, 2.05) is 0 Å². The minimum absolute atomic E-state index is 0.0115. The molecule has 4 aliphatic carbocycles. The fourth-order valence-electron chi connectivity index (χ4n) is 9.65. The van der Waals surface area contributed by atoms with Crippen molar-refractivity contribution in [3.05, 3.63) is 11.6 Å². The number of carbonyl (C=O) groups is 3. The fourth-order valence-corrected chi connectivity index (χ4v) is 9.65. The SMILES string of the molecule is CC(=O)OCC(C)CCCC(C)C1C(OC(C)=O)CC2C3CC=C4CC(OC(C)=O)CCC4(C)C3CCC21C. The number of fused-ring (bicyclic) bond motifs is 5. The summed E-state index contributed by atoms with van der Waals surface area (Å²) < 4.78 is 16.9. The lowest BCUT2D eigenvalue weighted by Crippen LogP contribution is -2.51. The van der Waals surface area contributed by atoms with Crippen LogP contribution in [-0.4, -0.2) is 36.7 Å². The summed E-state index contributed by atoms with van der Waals surface area (Å²) in [5, 5.41) is 0. The lowest BCUT2D eigenvalue weighted by atomic mass is 9.47. The van der Waals surface area contributed by atoms with Crippen LogP contribution in [0.2, 0.25) is 0 Å². The van der Waals surface area contributed by atoms with Crippen LogP contribution in [0.5, 0.6) is 0 Å². The highest BCUT2D eigenvalue weighted by Crippen LogP contribution is 2.67. The highest BCUT2D eigenvalue weighted by atomic mass is 16.5. The summed E-state index contributed by atoms with van der Waals surface area (Å²) in [5.74, 6) is 2.45. The highest BCUT2D eigenvalue weighted by Gasteiger charge is 2.62. The number of hydrogen-bond donors (Lipinski definition) is 0. The van der Waals surface area contributed by atoms with Crippen LogP contribution in [0, 0.1) is 46.3 Å². The van der Waals surface area contributed by atoms with E-state index in [2.05, 4.69) is 33.8 Å². The van der Waals surface area contributed by atoms with Crippen molar-refractivity contribution < 1.29 is 28.6 Å². The number of hydrogen-bond acceptors (Lipinski definition) is 6. The molecule has 39 heavy (non-hydrogen) atoms. The topological polar surface area (TPSA) is 78.9 Å². The molecule has 4 aliphatic rings. The van der Waals surface area contributed by atoms with Crippen LogP contribution in [-0.2, 0) is 28.6 Å². The molecule has 0 aromatic carbocycles. The zero-order valence-electron chi connectivity index (χ0n) is 25.4. The lowest BCUT2D eigenvalue weighted by molar-refractivity contribution is -0.151. The summed E-state index contributed by atoms with van der Waals surface area (Å²) in [5.41, 5.74) is 1.85. The quantitative estimate of drug-likeness (QED) is 0.176. The number of allylic oxidation sites excluding steroid dienone is 1. The Morgan fingerprint density at radius 3 is 2.33 bits per heavy atom. The van der Waals surface area contributed by atoms with Gasteiger partial charge in [-0.25, -0.2) is 0 Å². The second-order valence-corrected chi connectivity index (χ2v) is 14.0. The van der Waals surface area contributed by atoms with Gasteiger partial charge < -0.3 is 14.2 Å². The van der Waals surface area contributed by atoms with E-state index in [9.17, 15) is 14.4 Å². The molecule has 0 saturated heterocycles. The molecule has 0 N–H and O–H groups in total. The second-order valence-electron chi connectivity index (χ2n) is 14.0. The van der Waals surface area contributed by atoms with E-state index in [0.717, 1.165) is 51.4 Å². The van der Waals surface area contributed by atoms with E-state index < -0.39 is 0 Å². The Kier molecular flexibility index (Phi) is 9.22. The van der Waals surface area contributed by atoms with Crippen molar-refractivity contribution in [2.75, 3.05) is 6.61 Å². The van der Waals surface area contributed by atoms with Crippen LogP contribution < -0.4 is 0 Å². The first-order valence-corrected chi connectivity index (χ1v) is 15.5. The van der Waals surface area contributed by atoms with Crippen molar-refractivity contribution in [2.24, 2.45) is 46.3 Å². The summed E-state index contributed by atoms with van der Waals surface area (Å²) in [7, 11) is 0. The van der Waals surface area contributed by atoms with Crippen molar-refractivity contribution in [1.82, 2.24) is 0 Å². The molecule has 0 spiro atoms. The summed E-state index contributed by atoms with van der Waals surface area (Å²) in [6, 6.07) is 0. The molecule has 0 amide bonds. The summed E-state index contributed by atoms with van der Waals surface area (Å²) in [4.78, 5) is 35.0. The number of ether oxygens (including phenoxy) is 3. The third-order valence-corrected chi connectivity index (χ3v) is 11.3. The monoisotopic (exact) mass is 544 g/mol. The van der Waals surface area contributed by atoms with Crippen molar-refractivity contribution in [3.8, 4) is 0 Å². The normalized spacial score (nSPS) is 38.8. The van der Waals surface area contributed by atoms with Crippen molar-refractivity contribution in [1.29, 1.82) is 0 Å². The molecule has 0 aromatic heterocycles. The summed E-state index contributed by atoms with van der Waals surface area (Å²) >= 11 is 0. The molecule has 3 fully saturated rings. The Hall–Kier alpha value is -1.85. The predicted octanol–water partition coefficient (Wildman–Crippen LogP) is 7.04. The van der Waals surface area contributed by atoms with E-state index in [4.69, 9.17) is 14.2 Å². The van der Waals surface area contributed by atoms with Gasteiger partial charge in [0, 0.05) is 33.1 Å². The van der Waals surface area contributed by atoms with Gasteiger partial charge in [0.05, 0.1) is 6.61 Å². The van der Waals surface area contributed by atoms with Crippen molar-refractivity contribution in [2.45, 2.75) is 125 Å². The van der Waals surface area contributed by atoms with Crippen LogP contribution in [0.15, 0.2) is 11.6 Å². The third-order valence-electron chi connectivity index (χ3n) is 11.3. The minimum Gasteiger partial charge on any atom is -0.466 e. The van der Waals surface area contributed by atoms with Crippen molar-refractivity contribution in [3.63, 3.8) is 0 Å². The molecule has 0 radical (unpaired) electrons. The first-order valence-electron chi connectivity index (χ1n) is 15.5. The Balaban J connectivity index is 1.48. The average molecular weight is 545 g/mol.